The average molecular weight is 1000 g/mol. The van der Waals surface area contributed by atoms with Gasteiger partial charge in [-0.3, -0.25) is 0 Å². The second-order valence-corrected chi connectivity index (χ2v) is 20.9. The fourth-order valence-corrected chi connectivity index (χ4v) is 10.7. The lowest BCUT2D eigenvalue weighted by atomic mass is 9.95. The zero-order valence-corrected chi connectivity index (χ0v) is 46.4. The molecule has 0 N–H and O–H groups in total. The van der Waals surface area contributed by atoms with E-state index in [2.05, 4.69) is 226 Å². The summed E-state index contributed by atoms with van der Waals surface area (Å²) >= 11 is 8.32. The number of nitrogens with zero attached hydrogens (tertiary/aromatic N) is 3. The van der Waals surface area contributed by atoms with Crippen LogP contribution in [0.2, 0.25) is 5.02 Å². The topological polar surface area (TPSA) is 9.72 Å². The molecule has 3 nitrogen and oxygen atoms in total. The van der Waals surface area contributed by atoms with Gasteiger partial charge in [-0.2, -0.15) is 0 Å². The third-order valence-electron chi connectivity index (χ3n) is 14.8. The molecule has 0 saturated heterocycles. The number of rotatable bonds is 27. The Morgan fingerprint density at radius 3 is 1.05 bits per heavy atom. The number of benzene rings is 8. The Balaban J connectivity index is 1.46. The second-order valence-electron chi connectivity index (χ2n) is 20.6. The minimum Gasteiger partial charge on any atom is -0.309 e. The van der Waals surface area contributed by atoms with Gasteiger partial charge >= 0.3 is 0 Å². The van der Waals surface area contributed by atoms with Crippen molar-refractivity contribution in [2.75, 3.05) is 14.7 Å². The summed E-state index contributed by atoms with van der Waals surface area (Å²) < 4.78 is 0. The molecule has 0 aromatic heterocycles. The van der Waals surface area contributed by atoms with Crippen LogP contribution in [-0.2, 0) is 38.5 Å². The van der Waals surface area contributed by atoms with Crippen molar-refractivity contribution in [3.8, 4) is 0 Å². The standard InChI is InChI=1S/C70H82ClN3/c1-7-13-22-53-30-41-61(42-31-53)72(62-43-32-54(33-44-62)23-14-8-2)67-51-65(52-68(69(67)71)73(63-45-34-55(35-46-63)24-15-9-3)64-47-36-56(37-48-64)25-16-10-4)74(60-28-20-19-21-29-60)70-58(27-18-12-6)39-40-59-50-57(26-17-11-5)38-49-66(59)70/h19-21,28-52H,7-18,22-27H2,1-6H3. The van der Waals surface area contributed by atoms with Crippen molar-refractivity contribution in [1.29, 1.82) is 0 Å². The van der Waals surface area contributed by atoms with Crippen LogP contribution in [0, 0.1) is 0 Å². The Kier molecular flexibility index (Phi) is 19.9. The van der Waals surface area contributed by atoms with E-state index >= 15 is 0 Å². The van der Waals surface area contributed by atoms with Gasteiger partial charge in [0.1, 0.15) is 0 Å². The highest BCUT2D eigenvalue weighted by molar-refractivity contribution is 6.37. The van der Waals surface area contributed by atoms with Crippen LogP contribution < -0.4 is 14.7 Å². The van der Waals surface area contributed by atoms with E-state index < -0.39 is 0 Å². The zero-order valence-electron chi connectivity index (χ0n) is 45.6. The highest BCUT2D eigenvalue weighted by Gasteiger charge is 2.28. The molecule has 8 rings (SSSR count). The van der Waals surface area contributed by atoms with Gasteiger partial charge in [0.15, 0.2) is 0 Å². The first-order valence-electron chi connectivity index (χ1n) is 28.6. The van der Waals surface area contributed by atoms with E-state index in [1.807, 2.05) is 0 Å². The Labute approximate surface area is 451 Å². The van der Waals surface area contributed by atoms with Crippen molar-refractivity contribution < 1.29 is 0 Å². The maximum Gasteiger partial charge on any atom is 0.0888 e. The molecule has 74 heavy (non-hydrogen) atoms. The first kappa shape index (κ1) is 54.0. The minimum atomic E-state index is 0.682. The lowest BCUT2D eigenvalue weighted by Crippen LogP contribution is -2.18. The first-order valence-corrected chi connectivity index (χ1v) is 28.9. The normalized spacial score (nSPS) is 11.3. The summed E-state index contributed by atoms with van der Waals surface area (Å²) in [5.41, 5.74) is 17.6. The van der Waals surface area contributed by atoms with Gasteiger partial charge in [0, 0.05) is 33.8 Å². The molecule has 0 fully saturated rings. The van der Waals surface area contributed by atoms with Crippen LogP contribution in [0.1, 0.15) is 152 Å². The molecule has 0 bridgehead atoms. The summed E-state index contributed by atoms with van der Waals surface area (Å²) in [7, 11) is 0. The summed E-state index contributed by atoms with van der Waals surface area (Å²) in [6, 6.07) is 64.8. The first-order chi connectivity index (χ1) is 36.4. The molecule has 0 aliphatic heterocycles. The van der Waals surface area contributed by atoms with Crippen molar-refractivity contribution in [3.05, 3.63) is 208 Å². The molecule has 0 heterocycles. The zero-order chi connectivity index (χ0) is 51.7. The largest absolute Gasteiger partial charge is 0.309 e. The summed E-state index contributed by atoms with van der Waals surface area (Å²) in [6.07, 6.45) is 20.2. The van der Waals surface area contributed by atoms with Crippen LogP contribution in [0.3, 0.4) is 0 Å². The van der Waals surface area contributed by atoms with Crippen molar-refractivity contribution in [2.45, 2.75) is 157 Å². The summed E-state index contributed by atoms with van der Waals surface area (Å²) in [6.45, 7) is 13.7. The molecule has 8 aromatic rings. The van der Waals surface area contributed by atoms with E-state index in [0.29, 0.717) is 5.02 Å². The van der Waals surface area contributed by atoms with Crippen molar-refractivity contribution in [1.82, 2.24) is 0 Å². The fourth-order valence-electron chi connectivity index (χ4n) is 10.4. The molecule has 0 unspecified atom stereocenters. The number of para-hydroxylation sites is 1. The van der Waals surface area contributed by atoms with E-state index in [9.17, 15) is 0 Å². The monoisotopic (exact) mass is 1000 g/mol. The molecule has 8 aromatic carbocycles. The molecule has 0 atom stereocenters. The fraction of sp³-hybridized carbons (Fsp3) is 0.343. The Morgan fingerprint density at radius 2 is 0.662 bits per heavy atom. The van der Waals surface area contributed by atoms with Crippen LogP contribution >= 0.6 is 11.6 Å². The molecule has 0 radical (unpaired) electrons. The molecule has 0 spiro atoms. The van der Waals surface area contributed by atoms with Gasteiger partial charge in [-0.05, 0) is 189 Å². The third-order valence-corrected chi connectivity index (χ3v) is 15.2. The van der Waals surface area contributed by atoms with Crippen molar-refractivity contribution in [2.24, 2.45) is 0 Å². The van der Waals surface area contributed by atoms with E-state index in [1.165, 1.54) is 62.7 Å². The van der Waals surface area contributed by atoms with Gasteiger partial charge in [-0.1, -0.05) is 189 Å². The molecular weight excluding hydrogens is 918 g/mol. The Morgan fingerprint density at radius 1 is 0.311 bits per heavy atom. The smallest absolute Gasteiger partial charge is 0.0888 e. The van der Waals surface area contributed by atoms with Crippen LogP contribution in [0.25, 0.3) is 10.8 Å². The maximum absolute atomic E-state index is 8.32. The highest BCUT2D eigenvalue weighted by atomic mass is 35.5. The average Bonchev–Trinajstić information content (AvgIpc) is 3.45. The molecule has 0 saturated carbocycles. The number of anilines is 9. The maximum atomic E-state index is 8.32. The van der Waals surface area contributed by atoms with Crippen molar-refractivity contribution >= 4 is 73.6 Å². The van der Waals surface area contributed by atoms with Gasteiger partial charge in [0.05, 0.1) is 27.8 Å². The number of fused-ring (bicyclic) bond motifs is 1. The molecule has 0 aliphatic carbocycles. The predicted molar refractivity (Wildman–Crippen MR) is 325 cm³/mol. The number of unbranched alkanes of at least 4 members (excludes halogenated alkanes) is 6. The van der Waals surface area contributed by atoms with Gasteiger partial charge in [-0.15, -0.1) is 0 Å². The lowest BCUT2D eigenvalue weighted by molar-refractivity contribution is 0.794. The summed E-state index contributed by atoms with van der Waals surface area (Å²) in [4.78, 5) is 7.36. The number of hydrogen-bond acceptors (Lipinski definition) is 3. The SMILES string of the molecule is CCCCc1ccc(N(c2ccc(CCCC)cc2)c2cc(N(c3ccccc3)c3c(CCCC)ccc4cc(CCCC)ccc34)cc(N(c3ccc(CCCC)cc3)c3ccc(CCCC)cc3)c2Cl)cc1. The molecular formula is C70H82ClN3. The van der Waals surface area contributed by atoms with E-state index in [0.717, 1.165) is 148 Å². The van der Waals surface area contributed by atoms with Crippen LogP contribution in [0.15, 0.2) is 170 Å². The number of halogens is 1. The van der Waals surface area contributed by atoms with Crippen LogP contribution in [-0.4, -0.2) is 0 Å². The lowest BCUT2D eigenvalue weighted by Gasteiger charge is -2.35. The molecule has 0 aliphatic rings. The number of aryl methyl sites for hydroxylation is 6. The van der Waals surface area contributed by atoms with Gasteiger partial charge in [0.2, 0.25) is 0 Å². The summed E-state index contributed by atoms with van der Waals surface area (Å²) in [5.74, 6) is 0. The number of hydrogen-bond donors (Lipinski definition) is 0. The molecule has 0 amide bonds. The van der Waals surface area contributed by atoms with E-state index in [4.69, 9.17) is 11.6 Å². The quantitative estimate of drug-likeness (QED) is 0.0508. The highest BCUT2D eigenvalue weighted by Crippen LogP contribution is 2.52. The van der Waals surface area contributed by atoms with Crippen molar-refractivity contribution in [3.63, 3.8) is 0 Å². The van der Waals surface area contributed by atoms with Gasteiger partial charge < -0.3 is 14.7 Å². The summed E-state index contributed by atoms with van der Waals surface area (Å²) in [5, 5.41) is 3.21. The Bertz CT molecular complexity index is 2730. The van der Waals surface area contributed by atoms with Crippen LogP contribution in [0.4, 0.5) is 51.2 Å². The molecule has 384 valence electrons. The van der Waals surface area contributed by atoms with E-state index in [-0.39, 0.29) is 0 Å². The Hall–Kier alpha value is -6.29. The van der Waals surface area contributed by atoms with E-state index in [1.54, 1.807) is 0 Å². The minimum absolute atomic E-state index is 0.682. The van der Waals surface area contributed by atoms with Crippen LogP contribution in [0.5, 0.6) is 0 Å². The van der Waals surface area contributed by atoms with Gasteiger partial charge in [-0.25, -0.2) is 0 Å². The third kappa shape index (κ3) is 13.3. The molecule has 4 heteroatoms. The predicted octanol–water partition coefficient (Wildman–Crippen LogP) is 22.0. The van der Waals surface area contributed by atoms with Gasteiger partial charge in [0.25, 0.3) is 0 Å². The second kappa shape index (κ2) is 27.3.